The van der Waals surface area contributed by atoms with Crippen molar-refractivity contribution in [1.29, 1.82) is 0 Å². The van der Waals surface area contributed by atoms with E-state index in [1.54, 1.807) is 0 Å². The lowest BCUT2D eigenvalue weighted by molar-refractivity contribution is 0.214. The Labute approximate surface area is 120 Å². The lowest BCUT2D eigenvalue weighted by Crippen LogP contribution is -2.42. The van der Waals surface area contributed by atoms with Crippen LogP contribution in [0.5, 0.6) is 0 Å². The molecule has 20 heavy (non-hydrogen) atoms. The zero-order valence-corrected chi connectivity index (χ0v) is 12.8. The number of hydrogen-bond donors (Lipinski definition) is 2. The number of nitrogens with one attached hydrogen (secondary N) is 1. The first-order valence-corrected chi connectivity index (χ1v) is 7.15. The van der Waals surface area contributed by atoms with Gasteiger partial charge in [0.2, 0.25) is 5.78 Å². The summed E-state index contributed by atoms with van der Waals surface area (Å²) in [4.78, 5) is 8.82. The number of imidazole rings is 1. The molecule has 2 heterocycles. The van der Waals surface area contributed by atoms with Crippen molar-refractivity contribution < 1.29 is 5.11 Å². The first-order chi connectivity index (χ1) is 9.49. The first-order valence-electron chi connectivity index (χ1n) is 7.15. The van der Waals surface area contributed by atoms with E-state index in [0.29, 0.717) is 0 Å². The average molecular weight is 276 g/mol. The molecule has 5 heteroatoms. The Morgan fingerprint density at radius 3 is 2.80 bits per heavy atom. The van der Waals surface area contributed by atoms with E-state index in [9.17, 15) is 0 Å². The van der Waals surface area contributed by atoms with Gasteiger partial charge in [0.05, 0.1) is 11.9 Å². The molecule has 0 aliphatic rings. The van der Waals surface area contributed by atoms with Gasteiger partial charge in [-0.05, 0) is 39.7 Å². The predicted molar refractivity (Wildman–Crippen MR) is 79.7 cm³/mol. The molecule has 1 unspecified atom stereocenters. The molecule has 1 atom stereocenters. The average Bonchev–Trinajstić information content (AvgIpc) is 2.80. The third-order valence-electron chi connectivity index (χ3n) is 4.00. The van der Waals surface area contributed by atoms with Crippen LogP contribution in [0.25, 0.3) is 5.78 Å². The molecule has 2 N–H and O–H groups in total. The van der Waals surface area contributed by atoms with E-state index in [-0.39, 0.29) is 12.1 Å². The van der Waals surface area contributed by atoms with Crippen LogP contribution in [0.15, 0.2) is 12.3 Å². The number of aryl methyl sites for hydroxylation is 2. The zero-order chi connectivity index (χ0) is 14.8. The van der Waals surface area contributed by atoms with Gasteiger partial charge in [-0.15, -0.1) is 0 Å². The summed E-state index contributed by atoms with van der Waals surface area (Å²) in [7, 11) is 0. The topological polar surface area (TPSA) is 62.5 Å². The van der Waals surface area contributed by atoms with Crippen LogP contribution in [-0.2, 0) is 6.54 Å². The summed E-state index contributed by atoms with van der Waals surface area (Å²) in [5.41, 5.74) is 3.17. The van der Waals surface area contributed by atoms with Crippen LogP contribution >= 0.6 is 0 Å². The largest absolute Gasteiger partial charge is 0.396 e. The Hall–Kier alpha value is -1.46. The number of aliphatic hydroxyl groups is 1. The number of aromatic nitrogens is 3. The van der Waals surface area contributed by atoms with Crippen molar-refractivity contribution in [2.24, 2.45) is 0 Å². The smallest absolute Gasteiger partial charge is 0.234 e. The van der Waals surface area contributed by atoms with E-state index in [1.165, 1.54) is 0 Å². The van der Waals surface area contributed by atoms with E-state index >= 15 is 0 Å². The fraction of sp³-hybridized carbons (Fsp3) is 0.600. The van der Waals surface area contributed by atoms with Gasteiger partial charge in [-0.1, -0.05) is 6.92 Å². The van der Waals surface area contributed by atoms with E-state index in [4.69, 9.17) is 5.11 Å². The summed E-state index contributed by atoms with van der Waals surface area (Å²) < 4.78 is 2.08. The van der Waals surface area contributed by atoms with Gasteiger partial charge in [-0.25, -0.2) is 9.97 Å². The molecule has 0 spiro atoms. The summed E-state index contributed by atoms with van der Waals surface area (Å²) in [6.07, 6.45) is 3.59. The minimum Gasteiger partial charge on any atom is -0.396 e. The second kappa shape index (κ2) is 5.89. The van der Waals surface area contributed by atoms with Crippen molar-refractivity contribution in [3.63, 3.8) is 0 Å². The van der Waals surface area contributed by atoms with Gasteiger partial charge in [-0.2, -0.15) is 0 Å². The number of rotatable bonds is 6. The number of nitrogens with zero attached hydrogens (tertiary/aromatic N) is 3. The highest BCUT2D eigenvalue weighted by Crippen LogP contribution is 2.16. The normalized spacial score (nSPS) is 14.7. The van der Waals surface area contributed by atoms with Gasteiger partial charge >= 0.3 is 0 Å². The van der Waals surface area contributed by atoms with Crippen molar-refractivity contribution in [3.05, 3.63) is 29.3 Å². The molecule has 0 fully saturated rings. The predicted octanol–water partition coefficient (Wildman–Crippen LogP) is 1.99. The van der Waals surface area contributed by atoms with E-state index in [1.807, 2.05) is 13.1 Å². The second-order valence-electron chi connectivity index (χ2n) is 5.67. The van der Waals surface area contributed by atoms with Crippen LogP contribution < -0.4 is 5.32 Å². The highest BCUT2D eigenvalue weighted by atomic mass is 16.3. The highest BCUT2D eigenvalue weighted by molar-refractivity contribution is 5.35. The Bertz CT molecular complexity index is 593. The first kappa shape index (κ1) is 14.9. The van der Waals surface area contributed by atoms with Crippen molar-refractivity contribution >= 4 is 5.78 Å². The standard InChI is InChI=1S/C15H24N4O/c1-5-15(4,6-7-20)17-10-13-9-16-14-18-11(2)8-12(3)19(13)14/h8-9,17,20H,5-7,10H2,1-4H3. The summed E-state index contributed by atoms with van der Waals surface area (Å²) in [5.74, 6) is 0.750. The molecule has 0 radical (unpaired) electrons. The number of hydrogen-bond acceptors (Lipinski definition) is 4. The Kier molecular flexibility index (Phi) is 4.40. The molecule has 0 aliphatic carbocycles. The maximum Gasteiger partial charge on any atom is 0.234 e. The van der Waals surface area contributed by atoms with Crippen LogP contribution in [0.2, 0.25) is 0 Å². The molecular formula is C15H24N4O. The summed E-state index contributed by atoms with van der Waals surface area (Å²) in [6, 6.07) is 2.06. The van der Waals surface area contributed by atoms with Gasteiger partial charge in [0.25, 0.3) is 0 Å². The van der Waals surface area contributed by atoms with Gasteiger partial charge < -0.3 is 10.4 Å². The van der Waals surface area contributed by atoms with Gasteiger partial charge in [-0.3, -0.25) is 4.40 Å². The molecule has 110 valence electrons. The molecule has 0 saturated heterocycles. The van der Waals surface area contributed by atoms with Crippen molar-refractivity contribution in [2.75, 3.05) is 6.61 Å². The molecule has 2 aromatic heterocycles. The van der Waals surface area contributed by atoms with Crippen molar-refractivity contribution in [2.45, 2.75) is 52.6 Å². The summed E-state index contributed by atoms with van der Waals surface area (Å²) in [5, 5.41) is 12.7. The fourth-order valence-electron chi connectivity index (χ4n) is 2.46. The highest BCUT2D eigenvalue weighted by Gasteiger charge is 2.21. The van der Waals surface area contributed by atoms with Crippen LogP contribution in [-0.4, -0.2) is 31.6 Å². The second-order valence-corrected chi connectivity index (χ2v) is 5.67. The minimum atomic E-state index is -0.0507. The Morgan fingerprint density at radius 2 is 2.15 bits per heavy atom. The maximum atomic E-state index is 9.17. The summed E-state index contributed by atoms with van der Waals surface area (Å²) >= 11 is 0. The van der Waals surface area contributed by atoms with E-state index in [2.05, 4.69) is 46.5 Å². The lowest BCUT2D eigenvalue weighted by Gasteiger charge is -2.29. The number of fused-ring (bicyclic) bond motifs is 1. The van der Waals surface area contributed by atoms with Crippen LogP contribution in [0.1, 0.15) is 43.8 Å². The van der Waals surface area contributed by atoms with E-state index in [0.717, 1.165) is 42.2 Å². The molecule has 2 aromatic rings. The SMILES string of the molecule is CCC(C)(CCO)NCc1cnc2nc(C)cc(C)n12. The lowest BCUT2D eigenvalue weighted by atomic mass is 9.95. The van der Waals surface area contributed by atoms with Crippen molar-refractivity contribution in [3.8, 4) is 0 Å². The zero-order valence-electron chi connectivity index (χ0n) is 12.8. The van der Waals surface area contributed by atoms with Crippen molar-refractivity contribution in [1.82, 2.24) is 19.7 Å². The van der Waals surface area contributed by atoms with E-state index < -0.39 is 0 Å². The molecule has 0 bridgehead atoms. The van der Waals surface area contributed by atoms with Crippen LogP contribution in [0.4, 0.5) is 0 Å². The molecule has 0 saturated carbocycles. The molecule has 2 rings (SSSR count). The molecule has 0 amide bonds. The molecular weight excluding hydrogens is 252 g/mol. The quantitative estimate of drug-likeness (QED) is 0.847. The summed E-state index contributed by atoms with van der Waals surface area (Å²) in [6.45, 7) is 9.24. The third-order valence-corrected chi connectivity index (χ3v) is 4.00. The Morgan fingerprint density at radius 1 is 1.40 bits per heavy atom. The molecule has 0 aliphatic heterocycles. The fourth-order valence-corrected chi connectivity index (χ4v) is 2.46. The number of aliphatic hydroxyl groups excluding tert-OH is 1. The monoisotopic (exact) mass is 276 g/mol. The van der Waals surface area contributed by atoms with Gasteiger partial charge in [0.1, 0.15) is 0 Å². The third kappa shape index (κ3) is 2.99. The molecule has 0 aromatic carbocycles. The van der Waals surface area contributed by atoms with Crippen LogP contribution in [0.3, 0.4) is 0 Å². The Balaban J connectivity index is 2.22. The molecule has 5 nitrogen and oxygen atoms in total. The minimum absolute atomic E-state index is 0.0507. The van der Waals surface area contributed by atoms with Gasteiger partial charge in [0.15, 0.2) is 0 Å². The van der Waals surface area contributed by atoms with Gasteiger partial charge in [0, 0.05) is 30.1 Å². The maximum absolute atomic E-state index is 9.17. The van der Waals surface area contributed by atoms with Crippen LogP contribution in [0, 0.1) is 13.8 Å².